The fourth-order valence-electron chi connectivity index (χ4n) is 3.42. The van der Waals surface area contributed by atoms with Crippen molar-refractivity contribution in [2.24, 2.45) is 0 Å². The quantitative estimate of drug-likeness (QED) is 0.228. The van der Waals surface area contributed by atoms with Crippen LogP contribution in [0.5, 0.6) is 0 Å². The van der Waals surface area contributed by atoms with Crippen LogP contribution >= 0.6 is 0 Å². The molecule has 0 aliphatic heterocycles. The zero-order valence-electron chi connectivity index (χ0n) is 21.6. The number of ether oxygens (including phenoxy) is 1. The van der Waals surface area contributed by atoms with Crippen molar-refractivity contribution in [1.82, 2.24) is 0 Å². The summed E-state index contributed by atoms with van der Waals surface area (Å²) >= 11 is 0. The summed E-state index contributed by atoms with van der Waals surface area (Å²) in [6.45, 7) is 9.21. The van der Waals surface area contributed by atoms with E-state index in [2.05, 4.69) is 30.8 Å². The van der Waals surface area contributed by atoms with Crippen molar-refractivity contribution < 1.29 is 27.7 Å². The predicted octanol–water partition coefficient (Wildman–Crippen LogP) is 5.19. The van der Waals surface area contributed by atoms with Crippen LogP contribution in [0.1, 0.15) is 49.2 Å². The number of carbonyl (C=O) groups is 2. The summed E-state index contributed by atoms with van der Waals surface area (Å²) in [7, 11) is -4.11. The molecule has 0 aliphatic rings. The zero-order chi connectivity index (χ0) is 28.3. The number of nitro benzene ring substituents is 1. The van der Waals surface area contributed by atoms with Crippen LogP contribution in [0.2, 0.25) is 0 Å². The maximum Gasteiger partial charge on any atom is 0.338 e. The molecular weight excluding hydrogens is 510 g/mol. The Morgan fingerprint density at radius 1 is 0.947 bits per heavy atom. The highest BCUT2D eigenvalue weighted by atomic mass is 32.2. The lowest BCUT2D eigenvalue weighted by atomic mass is 9.87. The molecule has 11 heteroatoms. The second-order valence-corrected chi connectivity index (χ2v) is 11.4. The van der Waals surface area contributed by atoms with E-state index < -0.39 is 32.9 Å². The van der Waals surface area contributed by atoms with E-state index >= 15 is 0 Å². The number of rotatable bonds is 8. The first-order chi connectivity index (χ1) is 17.7. The Balaban J connectivity index is 1.62. The van der Waals surface area contributed by atoms with Crippen LogP contribution in [0.4, 0.5) is 17.1 Å². The van der Waals surface area contributed by atoms with Crippen LogP contribution in [0, 0.1) is 17.0 Å². The van der Waals surface area contributed by atoms with E-state index in [9.17, 15) is 28.1 Å². The van der Waals surface area contributed by atoms with E-state index in [0.29, 0.717) is 11.3 Å². The Morgan fingerprint density at radius 3 is 2.08 bits per heavy atom. The molecule has 1 amide bonds. The molecule has 0 radical (unpaired) electrons. The lowest BCUT2D eigenvalue weighted by molar-refractivity contribution is -0.385. The van der Waals surface area contributed by atoms with Gasteiger partial charge in [-0.15, -0.1) is 0 Å². The maximum atomic E-state index is 12.7. The minimum atomic E-state index is -4.11. The van der Waals surface area contributed by atoms with Gasteiger partial charge in [-0.05, 0) is 67.3 Å². The van der Waals surface area contributed by atoms with E-state index in [1.165, 1.54) is 50.2 Å². The van der Waals surface area contributed by atoms with Gasteiger partial charge in [0.2, 0.25) is 0 Å². The van der Waals surface area contributed by atoms with Gasteiger partial charge in [-0.1, -0.05) is 39.0 Å². The minimum absolute atomic E-state index is 0.0258. The van der Waals surface area contributed by atoms with Gasteiger partial charge in [-0.2, -0.15) is 0 Å². The van der Waals surface area contributed by atoms with Gasteiger partial charge in [-0.25, -0.2) is 13.2 Å². The van der Waals surface area contributed by atoms with E-state index in [-0.39, 0.29) is 27.2 Å². The largest absolute Gasteiger partial charge is 0.449 e. The number of nitro groups is 1. The van der Waals surface area contributed by atoms with Crippen LogP contribution in [0.25, 0.3) is 0 Å². The molecule has 38 heavy (non-hydrogen) atoms. The summed E-state index contributed by atoms with van der Waals surface area (Å²) in [5.41, 5.74) is 1.91. The summed E-state index contributed by atoms with van der Waals surface area (Å²) in [5.74, 6) is -1.27. The summed E-state index contributed by atoms with van der Waals surface area (Å²) < 4.78 is 32.9. The van der Waals surface area contributed by atoms with Crippen LogP contribution < -0.4 is 10.0 Å². The predicted molar refractivity (Wildman–Crippen MR) is 144 cm³/mol. The van der Waals surface area contributed by atoms with Gasteiger partial charge < -0.3 is 10.1 Å². The Bertz CT molecular complexity index is 1460. The van der Waals surface area contributed by atoms with Crippen molar-refractivity contribution >= 4 is 39.0 Å². The third-order valence-corrected chi connectivity index (χ3v) is 7.11. The lowest BCUT2D eigenvalue weighted by Crippen LogP contribution is -2.30. The van der Waals surface area contributed by atoms with Crippen molar-refractivity contribution in [1.29, 1.82) is 0 Å². The molecule has 0 heterocycles. The highest BCUT2D eigenvalue weighted by molar-refractivity contribution is 7.92. The SMILES string of the molecule is Cc1ccc(S(=O)(=O)Nc2ccc(C(=O)OC(C)C(=O)Nc3ccc(C(C)(C)C)cc3)cc2)cc1[N+](=O)[O-]. The molecular formula is C27H29N3O7S. The van der Waals surface area contributed by atoms with Crippen LogP contribution in [0.3, 0.4) is 0 Å². The standard InChI is InChI=1S/C27H29N3O7S/c1-17-6-15-23(16-24(17)30(33)34)38(35,36)29-22-11-7-19(8-12-22)26(32)37-18(2)25(31)28-21-13-9-20(10-14-21)27(3,4)5/h6-16,18,29H,1-5H3,(H,28,31). The molecule has 0 bridgehead atoms. The molecule has 0 saturated heterocycles. The van der Waals surface area contributed by atoms with Crippen molar-refractivity contribution in [2.75, 3.05) is 10.0 Å². The first kappa shape index (κ1) is 28.3. The summed E-state index contributed by atoms with van der Waals surface area (Å²) in [5, 5.41) is 13.8. The van der Waals surface area contributed by atoms with Crippen LogP contribution in [0.15, 0.2) is 71.6 Å². The van der Waals surface area contributed by atoms with Crippen molar-refractivity contribution in [3.05, 3.63) is 93.5 Å². The molecule has 0 aliphatic carbocycles. The van der Waals surface area contributed by atoms with Crippen LogP contribution in [-0.4, -0.2) is 31.3 Å². The molecule has 0 saturated carbocycles. The normalized spacial score (nSPS) is 12.3. The third kappa shape index (κ3) is 6.94. The fourth-order valence-corrected chi connectivity index (χ4v) is 4.50. The van der Waals surface area contributed by atoms with Gasteiger partial charge in [0.05, 0.1) is 15.4 Å². The summed E-state index contributed by atoms with van der Waals surface area (Å²) in [4.78, 5) is 35.2. The van der Waals surface area contributed by atoms with E-state index in [4.69, 9.17) is 4.74 Å². The number of nitrogens with zero attached hydrogens (tertiary/aromatic N) is 1. The zero-order valence-corrected chi connectivity index (χ0v) is 22.5. The summed E-state index contributed by atoms with van der Waals surface area (Å²) in [6.07, 6.45) is -1.08. The van der Waals surface area contributed by atoms with Gasteiger partial charge in [-0.3, -0.25) is 19.6 Å². The average molecular weight is 540 g/mol. The first-order valence-electron chi connectivity index (χ1n) is 11.7. The van der Waals surface area contributed by atoms with Crippen LogP contribution in [-0.2, 0) is 25.0 Å². The number of hydrogen-bond donors (Lipinski definition) is 2. The van der Waals surface area contributed by atoms with E-state index in [0.717, 1.165) is 11.6 Å². The Kier molecular flexibility index (Phi) is 8.21. The van der Waals surface area contributed by atoms with Crippen molar-refractivity contribution in [3.63, 3.8) is 0 Å². The number of anilines is 2. The number of sulfonamides is 1. The molecule has 3 rings (SSSR count). The highest BCUT2D eigenvalue weighted by Gasteiger charge is 2.22. The first-order valence-corrected chi connectivity index (χ1v) is 13.2. The number of carbonyl (C=O) groups excluding carboxylic acids is 2. The number of esters is 1. The topological polar surface area (TPSA) is 145 Å². The van der Waals surface area contributed by atoms with E-state index in [1.807, 2.05) is 12.1 Å². The molecule has 0 aromatic heterocycles. The number of nitrogens with one attached hydrogen (secondary N) is 2. The number of amides is 1. The highest BCUT2D eigenvalue weighted by Crippen LogP contribution is 2.25. The lowest BCUT2D eigenvalue weighted by Gasteiger charge is -2.19. The Hall–Kier alpha value is -4.25. The molecule has 10 nitrogen and oxygen atoms in total. The maximum absolute atomic E-state index is 12.7. The molecule has 1 unspecified atom stereocenters. The van der Waals surface area contributed by atoms with E-state index in [1.54, 1.807) is 12.1 Å². The van der Waals surface area contributed by atoms with Gasteiger partial charge in [0.15, 0.2) is 6.10 Å². The Labute approximate surface area is 221 Å². The van der Waals surface area contributed by atoms with Gasteiger partial charge in [0.1, 0.15) is 0 Å². The third-order valence-electron chi connectivity index (χ3n) is 5.73. The molecule has 0 fully saturated rings. The second-order valence-electron chi connectivity index (χ2n) is 9.75. The average Bonchev–Trinajstić information content (AvgIpc) is 2.83. The molecule has 1 atom stereocenters. The molecule has 0 spiro atoms. The monoisotopic (exact) mass is 539 g/mol. The van der Waals surface area contributed by atoms with Gasteiger partial charge in [0.25, 0.3) is 21.6 Å². The molecule has 200 valence electrons. The number of hydrogen-bond acceptors (Lipinski definition) is 7. The smallest absolute Gasteiger partial charge is 0.338 e. The number of benzene rings is 3. The van der Waals surface area contributed by atoms with Gasteiger partial charge >= 0.3 is 5.97 Å². The Morgan fingerprint density at radius 2 is 1.53 bits per heavy atom. The molecule has 2 N–H and O–H groups in total. The second kappa shape index (κ2) is 11.0. The number of aryl methyl sites for hydroxylation is 1. The van der Waals surface area contributed by atoms with Gasteiger partial charge in [0, 0.05) is 23.0 Å². The summed E-state index contributed by atoms with van der Waals surface area (Å²) in [6, 6.07) is 16.4. The molecule has 3 aromatic rings. The minimum Gasteiger partial charge on any atom is -0.449 e. The van der Waals surface area contributed by atoms with Crippen molar-refractivity contribution in [3.8, 4) is 0 Å². The van der Waals surface area contributed by atoms with Crippen molar-refractivity contribution in [2.45, 2.75) is 51.0 Å². The fraction of sp³-hybridized carbons (Fsp3) is 0.259. The molecule has 3 aromatic carbocycles.